The number of rotatable bonds is 3. The molecule has 0 bridgehead atoms. The van der Waals surface area contributed by atoms with E-state index in [9.17, 15) is 4.79 Å². The first-order valence-corrected chi connectivity index (χ1v) is 5.15. The number of alkyl halides is 1. The Bertz CT molecular complexity index is 310. The summed E-state index contributed by atoms with van der Waals surface area (Å²) in [5.41, 5.74) is 1.92. The standard InChI is InChI=1S/C10H11BrO2/c1-7(10(12)13)9-5-3-2-4-8(9)6-11/h2-5,7H,6H2,1H3,(H,12,13). The molecule has 0 heterocycles. The van der Waals surface area contributed by atoms with Crippen LogP contribution in [0.1, 0.15) is 24.0 Å². The highest BCUT2D eigenvalue weighted by Crippen LogP contribution is 2.21. The van der Waals surface area contributed by atoms with Crippen molar-refractivity contribution in [3.63, 3.8) is 0 Å². The second kappa shape index (κ2) is 4.42. The van der Waals surface area contributed by atoms with E-state index in [-0.39, 0.29) is 0 Å². The van der Waals surface area contributed by atoms with Gasteiger partial charge in [-0.15, -0.1) is 0 Å². The van der Waals surface area contributed by atoms with Crippen LogP contribution in [0, 0.1) is 0 Å². The molecule has 3 heteroatoms. The molecule has 1 atom stereocenters. The third-order valence-corrected chi connectivity index (χ3v) is 2.64. The Balaban J connectivity index is 3.05. The van der Waals surface area contributed by atoms with Crippen LogP contribution in [0.2, 0.25) is 0 Å². The molecule has 0 aliphatic heterocycles. The number of aliphatic carboxylic acids is 1. The first kappa shape index (κ1) is 10.3. The van der Waals surface area contributed by atoms with Crippen LogP contribution in [0.3, 0.4) is 0 Å². The summed E-state index contributed by atoms with van der Waals surface area (Å²) in [4.78, 5) is 10.8. The molecule has 0 aliphatic rings. The van der Waals surface area contributed by atoms with Gasteiger partial charge >= 0.3 is 5.97 Å². The highest BCUT2D eigenvalue weighted by atomic mass is 79.9. The van der Waals surface area contributed by atoms with Crippen molar-refractivity contribution in [2.45, 2.75) is 18.2 Å². The zero-order valence-corrected chi connectivity index (χ0v) is 8.91. The third-order valence-electron chi connectivity index (χ3n) is 2.04. The fourth-order valence-corrected chi connectivity index (χ4v) is 1.72. The maximum absolute atomic E-state index is 10.8. The zero-order valence-electron chi connectivity index (χ0n) is 7.33. The summed E-state index contributed by atoms with van der Waals surface area (Å²) < 4.78 is 0. The lowest BCUT2D eigenvalue weighted by atomic mass is 9.97. The van der Waals surface area contributed by atoms with Crippen molar-refractivity contribution in [1.82, 2.24) is 0 Å². The molecule has 70 valence electrons. The van der Waals surface area contributed by atoms with Crippen molar-refractivity contribution >= 4 is 21.9 Å². The second-order valence-electron chi connectivity index (χ2n) is 2.89. The summed E-state index contributed by atoms with van der Waals surface area (Å²) >= 11 is 3.33. The quantitative estimate of drug-likeness (QED) is 0.829. The average molecular weight is 243 g/mol. The van der Waals surface area contributed by atoms with Gasteiger partial charge in [-0.05, 0) is 18.1 Å². The van der Waals surface area contributed by atoms with Gasteiger partial charge in [0.05, 0.1) is 5.92 Å². The third kappa shape index (κ3) is 2.31. The summed E-state index contributed by atoms with van der Waals surface area (Å²) in [6, 6.07) is 7.56. The normalized spacial score (nSPS) is 12.5. The van der Waals surface area contributed by atoms with E-state index in [0.717, 1.165) is 11.1 Å². The summed E-state index contributed by atoms with van der Waals surface area (Å²) in [5, 5.41) is 9.54. The second-order valence-corrected chi connectivity index (χ2v) is 3.45. The minimum atomic E-state index is -0.784. The van der Waals surface area contributed by atoms with E-state index in [0.29, 0.717) is 5.33 Å². The summed E-state index contributed by atoms with van der Waals surface area (Å²) in [6.07, 6.45) is 0. The highest BCUT2D eigenvalue weighted by molar-refractivity contribution is 9.08. The molecule has 0 saturated carbocycles. The molecule has 0 radical (unpaired) electrons. The van der Waals surface area contributed by atoms with Crippen LogP contribution in [-0.2, 0) is 10.1 Å². The molecule has 0 spiro atoms. The van der Waals surface area contributed by atoms with Crippen LogP contribution in [0.4, 0.5) is 0 Å². The lowest BCUT2D eigenvalue weighted by Crippen LogP contribution is -2.09. The molecule has 1 aromatic rings. The van der Waals surface area contributed by atoms with Crippen LogP contribution in [0.15, 0.2) is 24.3 Å². The number of benzene rings is 1. The Hall–Kier alpha value is -0.830. The Morgan fingerprint density at radius 3 is 2.69 bits per heavy atom. The van der Waals surface area contributed by atoms with Crippen molar-refractivity contribution in [2.75, 3.05) is 0 Å². The molecule has 0 amide bonds. The smallest absolute Gasteiger partial charge is 0.310 e. The number of carbonyl (C=O) groups is 1. The van der Waals surface area contributed by atoms with Gasteiger partial charge in [0.25, 0.3) is 0 Å². The van der Waals surface area contributed by atoms with Crippen LogP contribution < -0.4 is 0 Å². The predicted octanol–water partition coefficient (Wildman–Crippen LogP) is 2.77. The molecule has 0 fully saturated rings. The lowest BCUT2D eigenvalue weighted by molar-refractivity contribution is -0.138. The van der Waals surface area contributed by atoms with E-state index in [2.05, 4.69) is 15.9 Å². The van der Waals surface area contributed by atoms with Crippen LogP contribution >= 0.6 is 15.9 Å². The molecule has 13 heavy (non-hydrogen) atoms. The predicted molar refractivity (Wildman–Crippen MR) is 55.1 cm³/mol. The first-order chi connectivity index (χ1) is 6.16. The van der Waals surface area contributed by atoms with Crippen LogP contribution in [-0.4, -0.2) is 11.1 Å². The molecule has 1 aromatic carbocycles. The van der Waals surface area contributed by atoms with E-state index < -0.39 is 11.9 Å². The van der Waals surface area contributed by atoms with Gasteiger partial charge in [-0.25, -0.2) is 0 Å². The lowest BCUT2D eigenvalue weighted by Gasteiger charge is -2.10. The van der Waals surface area contributed by atoms with Gasteiger partial charge in [-0.2, -0.15) is 0 Å². The van der Waals surface area contributed by atoms with Gasteiger partial charge in [0.1, 0.15) is 0 Å². The fraction of sp³-hybridized carbons (Fsp3) is 0.300. The van der Waals surface area contributed by atoms with E-state index >= 15 is 0 Å². The molecule has 1 N–H and O–H groups in total. The van der Waals surface area contributed by atoms with Gasteiger partial charge in [0.15, 0.2) is 0 Å². The number of halogens is 1. The van der Waals surface area contributed by atoms with E-state index in [4.69, 9.17) is 5.11 Å². The minimum Gasteiger partial charge on any atom is -0.481 e. The molecule has 0 aliphatic carbocycles. The van der Waals surface area contributed by atoms with Crippen molar-refractivity contribution in [2.24, 2.45) is 0 Å². The topological polar surface area (TPSA) is 37.3 Å². The molecule has 1 rings (SSSR count). The van der Waals surface area contributed by atoms with E-state index in [1.165, 1.54) is 0 Å². The number of hydrogen-bond donors (Lipinski definition) is 1. The van der Waals surface area contributed by atoms with Gasteiger partial charge in [-0.3, -0.25) is 4.79 Å². The Morgan fingerprint density at radius 2 is 2.15 bits per heavy atom. The largest absolute Gasteiger partial charge is 0.481 e. The summed E-state index contributed by atoms with van der Waals surface area (Å²) in [5.74, 6) is -1.22. The molecule has 1 unspecified atom stereocenters. The van der Waals surface area contributed by atoms with Crippen molar-refractivity contribution < 1.29 is 9.90 Å². The minimum absolute atomic E-state index is 0.436. The van der Waals surface area contributed by atoms with Crippen LogP contribution in [0.25, 0.3) is 0 Å². The molecular formula is C10H11BrO2. The molecular weight excluding hydrogens is 232 g/mol. The Morgan fingerprint density at radius 1 is 1.54 bits per heavy atom. The zero-order chi connectivity index (χ0) is 9.84. The summed E-state index contributed by atoms with van der Waals surface area (Å²) in [6.45, 7) is 1.70. The fourth-order valence-electron chi connectivity index (χ4n) is 1.21. The Kier molecular flexibility index (Phi) is 3.48. The average Bonchev–Trinajstić information content (AvgIpc) is 2.16. The van der Waals surface area contributed by atoms with Gasteiger partial charge in [-0.1, -0.05) is 40.2 Å². The number of carboxylic acids is 1. The Labute approximate surface area is 85.7 Å². The van der Waals surface area contributed by atoms with Gasteiger partial charge in [0, 0.05) is 5.33 Å². The van der Waals surface area contributed by atoms with Crippen molar-refractivity contribution in [3.8, 4) is 0 Å². The van der Waals surface area contributed by atoms with Crippen molar-refractivity contribution in [3.05, 3.63) is 35.4 Å². The molecule has 0 aromatic heterocycles. The maximum atomic E-state index is 10.8. The molecule has 2 nitrogen and oxygen atoms in total. The van der Waals surface area contributed by atoms with E-state index in [1.54, 1.807) is 6.92 Å². The number of carboxylic acid groups (broad SMARTS) is 1. The first-order valence-electron chi connectivity index (χ1n) is 4.03. The van der Waals surface area contributed by atoms with Gasteiger partial charge < -0.3 is 5.11 Å². The summed E-state index contributed by atoms with van der Waals surface area (Å²) in [7, 11) is 0. The SMILES string of the molecule is CC(C(=O)O)c1ccccc1CBr. The number of hydrogen-bond acceptors (Lipinski definition) is 1. The highest BCUT2D eigenvalue weighted by Gasteiger charge is 2.15. The molecule has 0 saturated heterocycles. The monoisotopic (exact) mass is 242 g/mol. The van der Waals surface area contributed by atoms with Crippen LogP contribution in [0.5, 0.6) is 0 Å². The van der Waals surface area contributed by atoms with E-state index in [1.807, 2.05) is 24.3 Å². The van der Waals surface area contributed by atoms with Crippen molar-refractivity contribution in [1.29, 1.82) is 0 Å². The maximum Gasteiger partial charge on any atom is 0.310 e. The van der Waals surface area contributed by atoms with Gasteiger partial charge in [0.2, 0.25) is 0 Å².